The zero-order valence-corrected chi connectivity index (χ0v) is 13.2. The van der Waals surface area contributed by atoms with Crippen LogP contribution >= 0.6 is 0 Å². The number of benzene rings is 2. The van der Waals surface area contributed by atoms with E-state index in [1.54, 1.807) is 17.0 Å². The molecular formula is C16H17N3O3S. The number of nitrogens with two attached hydrogens (primary N) is 1. The van der Waals surface area contributed by atoms with Crippen LogP contribution in [-0.2, 0) is 14.8 Å². The molecule has 23 heavy (non-hydrogen) atoms. The molecule has 1 fully saturated rings. The summed E-state index contributed by atoms with van der Waals surface area (Å²) in [5.74, 6) is 0.00622. The van der Waals surface area contributed by atoms with Crippen molar-refractivity contribution >= 4 is 27.3 Å². The van der Waals surface area contributed by atoms with Crippen molar-refractivity contribution in [2.45, 2.75) is 17.4 Å². The average Bonchev–Trinajstić information content (AvgIpc) is 2.89. The molecule has 1 heterocycles. The molecule has 1 amide bonds. The van der Waals surface area contributed by atoms with Gasteiger partial charge in [0.2, 0.25) is 15.9 Å². The second kappa shape index (κ2) is 6.02. The lowest BCUT2D eigenvalue weighted by atomic mass is 10.2. The number of para-hydroxylation sites is 1. The summed E-state index contributed by atoms with van der Waals surface area (Å²) in [5.41, 5.74) is 1.57. The number of hydrogen-bond acceptors (Lipinski definition) is 4. The molecule has 0 saturated carbocycles. The van der Waals surface area contributed by atoms with E-state index in [9.17, 15) is 13.2 Å². The second-order valence-electron chi connectivity index (χ2n) is 5.38. The summed E-state index contributed by atoms with van der Waals surface area (Å²) >= 11 is 0. The Hall–Kier alpha value is -2.38. The normalized spacial score (nSPS) is 18.2. The van der Waals surface area contributed by atoms with E-state index in [0.29, 0.717) is 18.7 Å². The summed E-state index contributed by atoms with van der Waals surface area (Å²) in [6.07, 6.45) is 0.685. The van der Waals surface area contributed by atoms with Gasteiger partial charge in [-0.25, -0.2) is 13.6 Å². The third kappa shape index (κ3) is 3.35. The molecule has 0 aliphatic carbocycles. The SMILES string of the molecule is NS(=O)(=O)c1ccc(NC2CCN(c3ccccc3)C2=O)cc1. The minimum Gasteiger partial charge on any atom is -0.374 e. The summed E-state index contributed by atoms with van der Waals surface area (Å²) in [4.78, 5) is 14.3. The molecule has 2 aromatic rings. The molecule has 0 radical (unpaired) electrons. The van der Waals surface area contributed by atoms with Crippen LogP contribution in [0.5, 0.6) is 0 Å². The van der Waals surface area contributed by atoms with Crippen molar-refractivity contribution in [2.24, 2.45) is 5.14 Å². The molecule has 1 atom stereocenters. The van der Waals surface area contributed by atoms with Gasteiger partial charge >= 0.3 is 0 Å². The van der Waals surface area contributed by atoms with Gasteiger partial charge in [0.15, 0.2) is 0 Å². The molecule has 3 rings (SSSR count). The molecule has 7 heteroatoms. The van der Waals surface area contributed by atoms with Crippen molar-refractivity contribution < 1.29 is 13.2 Å². The van der Waals surface area contributed by atoms with Crippen LogP contribution in [0.15, 0.2) is 59.5 Å². The molecule has 2 aromatic carbocycles. The molecule has 1 unspecified atom stereocenters. The van der Waals surface area contributed by atoms with E-state index in [-0.39, 0.29) is 16.8 Å². The molecular weight excluding hydrogens is 314 g/mol. The first kappa shape index (κ1) is 15.5. The van der Waals surface area contributed by atoms with Crippen molar-refractivity contribution in [3.8, 4) is 0 Å². The maximum Gasteiger partial charge on any atom is 0.249 e. The summed E-state index contributed by atoms with van der Waals surface area (Å²) in [5, 5.41) is 8.21. The highest BCUT2D eigenvalue weighted by atomic mass is 32.2. The van der Waals surface area contributed by atoms with Crippen molar-refractivity contribution in [1.29, 1.82) is 0 Å². The van der Waals surface area contributed by atoms with Crippen molar-refractivity contribution in [3.63, 3.8) is 0 Å². The Bertz CT molecular complexity index is 804. The fraction of sp³-hybridized carbons (Fsp3) is 0.188. The van der Waals surface area contributed by atoms with Crippen molar-refractivity contribution in [1.82, 2.24) is 0 Å². The molecule has 6 nitrogen and oxygen atoms in total. The third-order valence-electron chi connectivity index (χ3n) is 3.80. The van der Waals surface area contributed by atoms with Gasteiger partial charge in [0, 0.05) is 17.9 Å². The van der Waals surface area contributed by atoms with Gasteiger partial charge < -0.3 is 10.2 Å². The fourth-order valence-electron chi connectivity index (χ4n) is 2.62. The van der Waals surface area contributed by atoms with Gasteiger partial charge in [-0.2, -0.15) is 0 Å². The number of anilines is 2. The van der Waals surface area contributed by atoms with Gasteiger partial charge in [-0.05, 0) is 42.8 Å². The number of amides is 1. The van der Waals surface area contributed by atoms with Crippen LogP contribution in [0.2, 0.25) is 0 Å². The van der Waals surface area contributed by atoms with Crippen LogP contribution in [0, 0.1) is 0 Å². The monoisotopic (exact) mass is 331 g/mol. The largest absolute Gasteiger partial charge is 0.374 e. The van der Waals surface area contributed by atoms with Gasteiger partial charge in [-0.15, -0.1) is 0 Å². The van der Waals surface area contributed by atoms with E-state index in [2.05, 4.69) is 5.32 Å². The van der Waals surface area contributed by atoms with Crippen molar-refractivity contribution in [3.05, 3.63) is 54.6 Å². The molecule has 120 valence electrons. The Morgan fingerprint density at radius 1 is 1.04 bits per heavy atom. The minimum absolute atomic E-state index is 0.00622. The van der Waals surface area contributed by atoms with Crippen LogP contribution in [-0.4, -0.2) is 26.9 Å². The maximum absolute atomic E-state index is 12.5. The molecule has 1 saturated heterocycles. The highest BCUT2D eigenvalue weighted by Gasteiger charge is 2.32. The Morgan fingerprint density at radius 2 is 1.70 bits per heavy atom. The molecule has 0 bridgehead atoms. The summed E-state index contributed by atoms with van der Waals surface area (Å²) in [6.45, 7) is 0.649. The van der Waals surface area contributed by atoms with Crippen LogP contribution < -0.4 is 15.4 Å². The second-order valence-corrected chi connectivity index (χ2v) is 6.94. The van der Waals surface area contributed by atoms with Gasteiger partial charge in [0.25, 0.3) is 0 Å². The fourth-order valence-corrected chi connectivity index (χ4v) is 3.14. The van der Waals surface area contributed by atoms with E-state index in [4.69, 9.17) is 5.14 Å². The summed E-state index contributed by atoms with van der Waals surface area (Å²) < 4.78 is 22.5. The van der Waals surface area contributed by atoms with E-state index >= 15 is 0 Å². The van der Waals surface area contributed by atoms with E-state index in [0.717, 1.165) is 5.69 Å². The van der Waals surface area contributed by atoms with Gasteiger partial charge in [0.05, 0.1) is 4.90 Å². The highest BCUT2D eigenvalue weighted by Crippen LogP contribution is 2.23. The third-order valence-corrected chi connectivity index (χ3v) is 4.73. The Morgan fingerprint density at radius 3 is 2.30 bits per heavy atom. The quantitative estimate of drug-likeness (QED) is 0.889. The maximum atomic E-state index is 12.5. The smallest absolute Gasteiger partial charge is 0.249 e. The molecule has 0 spiro atoms. The Kier molecular flexibility index (Phi) is 4.06. The Labute approximate surface area is 135 Å². The highest BCUT2D eigenvalue weighted by molar-refractivity contribution is 7.89. The number of rotatable bonds is 4. The number of carbonyl (C=O) groups excluding carboxylic acids is 1. The van der Waals surface area contributed by atoms with Crippen LogP contribution in [0.4, 0.5) is 11.4 Å². The number of primary sulfonamides is 1. The van der Waals surface area contributed by atoms with Gasteiger partial charge in [-0.3, -0.25) is 4.79 Å². The number of sulfonamides is 1. The van der Waals surface area contributed by atoms with E-state index in [1.807, 2.05) is 30.3 Å². The van der Waals surface area contributed by atoms with Crippen LogP contribution in [0.3, 0.4) is 0 Å². The number of carbonyl (C=O) groups is 1. The summed E-state index contributed by atoms with van der Waals surface area (Å²) in [7, 11) is -3.71. The van der Waals surface area contributed by atoms with Crippen LogP contribution in [0.1, 0.15) is 6.42 Å². The van der Waals surface area contributed by atoms with E-state index < -0.39 is 10.0 Å². The molecule has 0 aromatic heterocycles. The first-order valence-electron chi connectivity index (χ1n) is 7.21. The first-order chi connectivity index (χ1) is 10.9. The number of nitrogens with one attached hydrogen (secondary N) is 1. The zero-order valence-electron chi connectivity index (χ0n) is 12.3. The van der Waals surface area contributed by atoms with Crippen molar-refractivity contribution in [2.75, 3.05) is 16.8 Å². The number of nitrogens with zero attached hydrogens (tertiary/aromatic N) is 1. The molecule has 3 N–H and O–H groups in total. The lowest BCUT2D eigenvalue weighted by Gasteiger charge is -2.17. The van der Waals surface area contributed by atoms with Crippen LogP contribution in [0.25, 0.3) is 0 Å². The topological polar surface area (TPSA) is 92.5 Å². The lowest BCUT2D eigenvalue weighted by Crippen LogP contribution is -2.33. The minimum atomic E-state index is -3.71. The van der Waals surface area contributed by atoms with E-state index in [1.165, 1.54) is 12.1 Å². The predicted molar refractivity (Wildman–Crippen MR) is 88.6 cm³/mol. The standard InChI is InChI=1S/C16H17N3O3S/c17-23(21,22)14-8-6-12(7-9-14)18-15-10-11-19(16(15)20)13-4-2-1-3-5-13/h1-9,15,18H,10-11H2,(H2,17,21,22). The average molecular weight is 331 g/mol. The van der Waals surface area contributed by atoms with Gasteiger partial charge in [-0.1, -0.05) is 18.2 Å². The number of hydrogen-bond donors (Lipinski definition) is 2. The predicted octanol–water partition coefficient (Wildman–Crippen LogP) is 1.55. The molecule has 1 aliphatic rings. The lowest BCUT2D eigenvalue weighted by molar-refractivity contribution is -0.117. The van der Waals surface area contributed by atoms with Gasteiger partial charge in [0.1, 0.15) is 6.04 Å². The summed E-state index contributed by atoms with van der Waals surface area (Å²) in [6, 6.07) is 15.3. The molecule has 1 aliphatic heterocycles. The Balaban J connectivity index is 1.71. The zero-order chi connectivity index (χ0) is 16.4. The first-order valence-corrected chi connectivity index (χ1v) is 8.75.